The molecule has 0 aliphatic carbocycles. The zero-order valence-corrected chi connectivity index (χ0v) is 22.8. The first-order chi connectivity index (χ1) is 17.2. The van der Waals surface area contributed by atoms with Crippen molar-refractivity contribution in [2.24, 2.45) is 0 Å². The molecule has 1 N–H and O–H groups in total. The van der Waals surface area contributed by atoms with E-state index in [0.29, 0.717) is 13.2 Å². The zero-order chi connectivity index (χ0) is 26.9. The Morgan fingerprint density at radius 3 is 1.69 bits per heavy atom. The molecule has 0 saturated heterocycles. The number of aromatic carboxylic acids is 1. The molecule has 0 heterocycles. The molecule has 206 valence electrons. The van der Waals surface area contributed by atoms with Crippen LogP contribution in [0.2, 0.25) is 0 Å². The topological polar surface area (TPSA) is 101 Å². The second kappa shape index (κ2) is 17.5. The van der Waals surface area contributed by atoms with Crippen molar-refractivity contribution >= 4 is 11.9 Å². The molecule has 0 aromatic heterocycles. The van der Waals surface area contributed by atoms with E-state index in [1.165, 1.54) is 38.0 Å². The van der Waals surface area contributed by atoms with Crippen LogP contribution in [0.3, 0.4) is 0 Å². The molecule has 0 aliphatic rings. The van der Waals surface area contributed by atoms with Crippen LogP contribution in [0.5, 0.6) is 0 Å². The van der Waals surface area contributed by atoms with Gasteiger partial charge in [-0.2, -0.15) is 0 Å². The fraction of sp³-hybridized carbons (Fsp3) is 0.714. The molecule has 36 heavy (non-hydrogen) atoms. The van der Waals surface area contributed by atoms with E-state index in [4.69, 9.17) is 23.7 Å². The van der Waals surface area contributed by atoms with Crippen molar-refractivity contribution in [2.45, 2.75) is 111 Å². The number of unbranched alkanes of at least 4 members (excludes halogenated alkanes) is 8. The normalized spacial score (nSPS) is 13.4. The second-order valence-electron chi connectivity index (χ2n) is 9.03. The number of ether oxygens (including phenoxy) is 5. The Balaban J connectivity index is 2.95. The first-order valence-electron chi connectivity index (χ1n) is 13.4. The van der Waals surface area contributed by atoms with E-state index in [2.05, 4.69) is 13.8 Å². The van der Waals surface area contributed by atoms with Crippen molar-refractivity contribution in [1.29, 1.82) is 0 Å². The minimum absolute atomic E-state index is 0.102. The van der Waals surface area contributed by atoms with Gasteiger partial charge in [-0.1, -0.05) is 77.3 Å². The molecular weight excluding hydrogens is 464 g/mol. The summed E-state index contributed by atoms with van der Waals surface area (Å²) in [6, 6.07) is 5.83. The van der Waals surface area contributed by atoms with Gasteiger partial charge in [0.2, 0.25) is 0 Å². The molecule has 0 bridgehead atoms. The lowest BCUT2D eigenvalue weighted by Gasteiger charge is -2.38. The number of carbonyl (C=O) groups excluding carboxylic acids is 1. The van der Waals surface area contributed by atoms with Crippen LogP contribution in [-0.2, 0) is 23.7 Å². The van der Waals surface area contributed by atoms with Gasteiger partial charge in [0.1, 0.15) is 0 Å². The maximum absolute atomic E-state index is 12.9. The second-order valence-corrected chi connectivity index (χ2v) is 9.03. The van der Waals surface area contributed by atoms with Crippen molar-refractivity contribution in [2.75, 3.05) is 19.8 Å². The minimum Gasteiger partial charge on any atom is -0.478 e. The average molecular weight is 511 g/mol. The lowest BCUT2D eigenvalue weighted by molar-refractivity contribution is -0.481. The highest BCUT2D eigenvalue weighted by atomic mass is 17.0. The standard InChI is InChI=1S/C28H46O8/c1-6-9-11-13-17-21-33-27(4,34-22-18-14-12-10-7-2)36-28(5,32-8-3)35-26(31)24-20-16-15-19-23(24)25(29)30/h15-16,19-20H,6-14,17-18,21-22H2,1-5H3,(H,29,30). The van der Waals surface area contributed by atoms with Crippen LogP contribution < -0.4 is 0 Å². The highest BCUT2D eigenvalue weighted by Gasteiger charge is 2.42. The smallest absolute Gasteiger partial charge is 0.343 e. The molecule has 0 fully saturated rings. The molecule has 0 amide bonds. The van der Waals surface area contributed by atoms with Crippen LogP contribution in [0, 0.1) is 0 Å². The number of carboxylic acid groups (broad SMARTS) is 1. The third kappa shape index (κ3) is 12.3. The van der Waals surface area contributed by atoms with Crippen molar-refractivity contribution in [3.63, 3.8) is 0 Å². The van der Waals surface area contributed by atoms with Gasteiger partial charge in [-0.15, -0.1) is 0 Å². The van der Waals surface area contributed by atoms with Crippen molar-refractivity contribution < 1.29 is 38.4 Å². The predicted octanol–water partition coefficient (Wildman–Crippen LogP) is 6.92. The molecule has 1 unspecified atom stereocenters. The summed E-state index contributed by atoms with van der Waals surface area (Å²) in [5, 5.41) is 9.44. The molecule has 1 aromatic rings. The third-order valence-corrected chi connectivity index (χ3v) is 5.66. The van der Waals surface area contributed by atoms with Gasteiger partial charge in [0, 0.05) is 13.8 Å². The van der Waals surface area contributed by atoms with Crippen LogP contribution in [0.4, 0.5) is 0 Å². The van der Waals surface area contributed by atoms with E-state index in [9.17, 15) is 14.7 Å². The number of esters is 1. The molecular formula is C28H46O8. The molecule has 1 rings (SSSR count). The summed E-state index contributed by atoms with van der Waals surface area (Å²) in [5.74, 6) is -5.50. The van der Waals surface area contributed by atoms with E-state index in [1.807, 2.05) is 0 Å². The lowest BCUT2D eigenvalue weighted by Crippen LogP contribution is -2.49. The van der Waals surface area contributed by atoms with Gasteiger partial charge >= 0.3 is 17.9 Å². The van der Waals surface area contributed by atoms with E-state index in [1.54, 1.807) is 19.9 Å². The number of carbonyl (C=O) groups is 2. The number of benzene rings is 1. The van der Waals surface area contributed by atoms with E-state index >= 15 is 0 Å². The van der Waals surface area contributed by atoms with Gasteiger partial charge in [0.15, 0.2) is 0 Å². The molecule has 1 aromatic carbocycles. The Hall–Kier alpha value is -2.00. The lowest BCUT2D eigenvalue weighted by atomic mass is 10.1. The molecule has 8 heteroatoms. The molecule has 0 saturated carbocycles. The maximum atomic E-state index is 12.9. The monoisotopic (exact) mass is 510 g/mol. The largest absolute Gasteiger partial charge is 0.478 e. The molecule has 8 nitrogen and oxygen atoms in total. The minimum atomic E-state index is -1.86. The highest BCUT2D eigenvalue weighted by Crippen LogP contribution is 2.28. The Bertz CT molecular complexity index is 750. The van der Waals surface area contributed by atoms with Gasteiger partial charge < -0.3 is 24.1 Å². The number of hydrogen-bond donors (Lipinski definition) is 1. The summed E-state index contributed by atoms with van der Waals surface area (Å²) in [6.45, 7) is 10.2. The summed E-state index contributed by atoms with van der Waals surface area (Å²) < 4.78 is 29.3. The van der Waals surface area contributed by atoms with Gasteiger partial charge in [-0.3, -0.25) is 4.74 Å². The first-order valence-corrected chi connectivity index (χ1v) is 13.4. The van der Waals surface area contributed by atoms with E-state index in [0.717, 1.165) is 51.4 Å². The van der Waals surface area contributed by atoms with E-state index < -0.39 is 23.9 Å². The summed E-state index contributed by atoms with van der Waals surface area (Å²) in [6.07, 6.45) is 10.7. The fourth-order valence-electron chi connectivity index (χ4n) is 3.78. The van der Waals surface area contributed by atoms with Crippen LogP contribution in [0.25, 0.3) is 0 Å². The summed E-state index contributed by atoms with van der Waals surface area (Å²) >= 11 is 0. The van der Waals surface area contributed by atoms with Gasteiger partial charge in [-0.05, 0) is 31.9 Å². The van der Waals surface area contributed by atoms with Crippen molar-refractivity contribution in [1.82, 2.24) is 0 Å². The Morgan fingerprint density at radius 1 is 0.722 bits per heavy atom. The fourth-order valence-corrected chi connectivity index (χ4v) is 3.78. The average Bonchev–Trinajstić information content (AvgIpc) is 2.83. The van der Waals surface area contributed by atoms with Crippen LogP contribution in [-0.4, -0.2) is 48.8 Å². The summed E-state index contributed by atoms with van der Waals surface area (Å²) in [4.78, 5) is 24.5. The third-order valence-electron chi connectivity index (χ3n) is 5.66. The number of hydrogen-bond acceptors (Lipinski definition) is 7. The molecule has 1 atom stereocenters. The van der Waals surface area contributed by atoms with Gasteiger partial charge in [0.05, 0.1) is 30.9 Å². The predicted molar refractivity (Wildman–Crippen MR) is 138 cm³/mol. The molecule has 0 radical (unpaired) electrons. The highest BCUT2D eigenvalue weighted by molar-refractivity contribution is 6.02. The van der Waals surface area contributed by atoms with Gasteiger partial charge in [0.25, 0.3) is 5.97 Å². The zero-order valence-electron chi connectivity index (χ0n) is 22.8. The van der Waals surface area contributed by atoms with E-state index in [-0.39, 0.29) is 17.7 Å². The Kier molecular flexibility index (Phi) is 15.5. The summed E-state index contributed by atoms with van der Waals surface area (Å²) in [7, 11) is 0. The van der Waals surface area contributed by atoms with Crippen molar-refractivity contribution in [3.8, 4) is 0 Å². The number of rotatable bonds is 21. The Labute approximate surface area is 216 Å². The van der Waals surface area contributed by atoms with Gasteiger partial charge in [-0.25, -0.2) is 9.59 Å². The maximum Gasteiger partial charge on any atom is 0.343 e. The quantitative estimate of drug-likeness (QED) is 0.108. The number of carboxylic acids is 1. The van der Waals surface area contributed by atoms with Crippen LogP contribution in [0.15, 0.2) is 24.3 Å². The summed E-state index contributed by atoms with van der Waals surface area (Å²) in [5.41, 5.74) is -0.273. The van der Waals surface area contributed by atoms with Crippen LogP contribution in [0.1, 0.15) is 120 Å². The molecule has 0 spiro atoms. The SMILES string of the molecule is CCCCCCCOC(C)(OCCCCCCC)OC(C)(OCC)OC(=O)c1ccccc1C(=O)O. The van der Waals surface area contributed by atoms with Crippen molar-refractivity contribution in [3.05, 3.63) is 35.4 Å². The van der Waals surface area contributed by atoms with Crippen LogP contribution >= 0.6 is 0 Å². The Morgan fingerprint density at radius 2 is 1.22 bits per heavy atom. The molecule has 0 aliphatic heterocycles. The first kappa shape index (κ1) is 32.0.